The SMILES string of the molecule is CC(Cc1ccc(N2CCN(Cl)CC2)cc1)c1nc2ccccc2[nH]1. The number of nitrogens with one attached hydrogen (secondary N) is 1. The molecule has 2 aromatic carbocycles. The van der Waals surface area contributed by atoms with Crippen molar-refractivity contribution in [2.75, 3.05) is 31.1 Å². The van der Waals surface area contributed by atoms with Crippen molar-refractivity contribution in [3.05, 3.63) is 59.9 Å². The van der Waals surface area contributed by atoms with Gasteiger partial charge in [0.1, 0.15) is 5.82 Å². The predicted molar refractivity (Wildman–Crippen MR) is 104 cm³/mol. The van der Waals surface area contributed by atoms with Crippen LogP contribution in [0.3, 0.4) is 0 Å². The van der Waals surface area contributed by atoms with Crippen molar-refractivity contribution in [2.24, 2.45) is 0 Å². The number of para-hydroxylation sites is 2. The number of fused-ring (bicyclic) bond motifs is 1. The van der Waals surface area contributed by atoms with Crippen LogP contribution in [0, 0.1) is 0 Å². The lowest BCUT2D eigenvalue weighted by Crippen LogP contribution is -2.42. The van der Waals surface area contributed by atoms with Gasteiger partial charge in [-0.3, -0.25) is 0 Å². The summed E-state index contributed by atoms with van der Waals surface area (Å²) < 4.78 is 1.86. The maximum Gasteiger partial charge on any atom is 0.110 e. The van der Waals surface area contributed by atoms with E-state index in [0.717, 1.165) is 49.5 Å². The number of hydrogen-bond acceptors (Lipinski definition) is 3. The van der Waals surface area contributed by atoms with E-state index in [1.54, 1.807) is 0 Å². The summed E-state index contributed by atoms with van der Waals surface area (Å²) in [5.41, 5.74) is 4.77. The molecule has 1 unspecified atom stereocenters. The Morgan fingerprint density at radius 2 is 1.76 bits per heavy atom. The Morgan fingerprint density at radius 1 is 1.04 bits per heavy atom. The highest BCUT2D eigenvalue weighted by molar-refractivity contribution is 6.13. The highest BCUT2D eigenvalue weighted by Crippen LogP contribution is 2.23. The van der Waals surface area contributed by atoms with Crippen LogP contribution in [0.5, 0.6) is 0 Å². The molecule has 1 atom stereocenters. The van der Waals surface area contributed by atoms with Gasteiger partial charge in [-0.15, -0.1) is 0 Å². The molecule has 4 rings (SSSR count). The zero-order valence-corrected chi connectivity index (χ0v) is 15.2. The Bertz CT molecular complexity index is 801. The quantitative estimate of drug-likeness (QED) is 0.714. The van der Waals surface area contributed by atoms with E-state index in [2.05, 4.69) is 53.2 Å². The fourth-order valence-electron chi connectivity index (χ4n) is 3.44. The van der Waals surface area contributed by atoms with E-state index in [-0.39, 0.29) is 0 Å². The Labute approximate surface area is 153 Å². The molecule has 1 N–H and O–H groups in total. The number of hydrogen-bond donors (Lipinski definition) is 1. The van der Waals surface area contributed by atoms with Crippen molar-refractivity contribution in [3.8, 4) is 0 Å². The summed E-state index contributed by atoms with van der Waals surface area (Å²) in [6, 6.07) is 17.1. The van der Waals surface area contributed by atoms with Crippen LogP contribution in [-0.2, 0) is 6.42 Å². The molecule has 1 fully saturated rings. The maximum absolute atomic E-state index is 6.04. The third kappa shape index (κ3) is 3.65. The highest BCUT2D eigenvalue weighted by Gasteiger charge is 2.16. The molecule has 0 amide bonds. The van der Waals surface area contributed by atoms with Gasteiger partial charge in [0.25, 0.3) is 0 Å². The second-order valence-corrected chi connectivity index (χ2v) is 7.29. The number of halogens is 1. The number of anilines is 1. The molecule has 1 aliphatic rings. The van der Waals surface area contributed by atoms with Gasteiger partial charge in [0.05, 0.1) is 11.0 Å². The van der Waals surface area contributed by atoms with Crippen molar-refractivity contribution >= 4 is 28.5 Å². The molecule has 0 aliphatic carbocycles. The monoisotopic (exact) mass is 354 g/mol. The molecule has 25 heavy (non-hydrogen) atoms. The van der Waals surface area contributed by atoms with Gasteiger partial charge < -0.3 is 9.88 Å². The number of piperazine rings is 1. The molecule has 1 aliphatic heterocycles. The molecule has 0 radical (unpaired) electrons. The minimum Gasteiger partial charge on any atom is -0.369 e. The summed E-state index contributed by atoms with van der Waals surface area (Å²) in [5, 5.41) is 0. The van der Waals surface area contributed by atoms with Crippen molar-refractivity contribution in [1.29, 1.82) is 0 Å². The van der Waals surface area contributed by atoms with E-state index in [1.807, 2.05) is 16.6 Å². The standard InChI is InChI=1S/C20H23ClN4/c1-15(20-22-18-4-2-3-5-19(18)23-20)14-16-6-8-17(9-7-16)24-10-12-25(21)13-11-24/h2-9,15H,10-14H2,1H3,(H,22,23). The fourth-order valence-corrected chi connectivity index (χ4v) is 3.59. The Hall–Kier alpha value is -2.04. The molecule has 2 heterocycles. The van der Waals surface area contributed by atoms with Gasteiger partial charge in [-0.1, -0.05) is 31.2 Å². The van der Waals surface area contributed by atoms with E-state index in [0.29, 0.717) is 5.92 Å². The number of aromatic nitrogens is 2. The van der Waals surface area contributed by atoms with Gasteiger partial charge in [0.15, 0.2) is 0 Å². The first-order valence-electron chi connectivity index (χ1n) is 8.88. The van der Waals surface area contributed by atoms with Crippen molar-refractivity contribution in [2.45, 2.75) is 19.3 Å². The normalized spacial score (nSPS) is 17.1. The van der Waals surface area contributed by atoms with Crippen molar-refractivity contribution in [1.82, 2.24) is 14.4 Å². The molecule has 3 aromatic rings. The van der Waals surface area contributed by atoms with Gasteiger partial charge in [0, 0.05) is 37.8 Å². The zero-order chi connectivity index (χ0) is 17.2. The molecular weight excluding hydrogens is 332 g/mol. The number of aromatic amines is 1. The van der Waals surface area contributed by atoms with E-state index in [9.17, 15) is 0 Å². The first kappa shape index (κ1) is 16.4. The molecule has 1 saturated heterocycles. The second kappa shape index (κ2) is 7.06. The van der Waals surface area contributed by atoms with Crippen molar-refractivity contribution < 1.29 is 0 Å². The molecular formula is C20H23ClN4. The van der Waals surface area contributed by atoms with Gasteiger partial charge >= 0.3 is 0 Å². The largest absolute Gasteiger partial charge is 0.369 e. The molecule has 0 spiro atoms. The second-order valence-electron chi connectivity index (χ2n) is 6.81. The Balaban J connectivity index is 1.43. The van der Waals surface area contributed by atoms with Crippen molar-refractivity contribution in [3.63, 3.8) is 0 Å². The van der Waals surface area contributed by atoms with E-state index in [1.165, 1.54) is 11.3 Å². The summed E-state index contributed by atoms with van der Waals surface area (Å²) >= 11 is 6.04. The van der Waals surface area contributed by atoms with Crippen LogP contribution >= 0.6 is 11.8 Å². The lowest BCUT2D eigenvalue weighted by Gasteiger charge is -2.32. The Kier molecular flexibility index (Phi) is 4.64. The summed E-state index contributed by atoms with van der Waals surface area (Å²) in [4.78, 5) is 10.6. The number of rotatable bonds is 4. The van der Waals surface area contributed by atoms with Crippen LogP contribution < -0.4 is 4.90 Å². The van der Waals surface area contributed by atoms with Crippen LogP contribution in [0.2, 0.25) is 0 Å². The smallest absolute Gasteiger partial charge is 0.110 e. The molecule has 5 heteroatoms. The highest BCUT2D eigenvalue weighted by atomic mass is 35.5. The summed E-state index contributed by atoms with van der Waals surface area (Å²) in [6.45, 7) is 6.01. The molecule has 0 saturated carbocycles. The zero-order valence-electron chi connectivity index (χ0n) is 14.5. The van der Waals surface area contributed by atoms with Gasteiger partial charge in [-0.2, -0.15) is 0 Å². The number of H-pyrrole nitrogens is 1. The minimum absolute atomic E-state index is 0.359. The van der Waals surface area contributed by atoms with Crippen LogP contribution in [0.1, 0.15) is 24.2 Å². The van der Waals surface area contributed by atoms with Crippen LogP contribution in [-0.4, -0.2) is 40.6 Å². The number of nitrogens with zero attached hydrogens (tertiary/aromatic N) is 3. The van der Waals surface area contributed by atoms with Gasteiger partial charge in [-0.25, -0.2) is 9.40 Å². The average Bonchev–Trinajstić information content (AvgIpc) is 3.07. The van der Waals surface area contributed by atoms with Crippen LogP contribution in [0.25, 0.3) is 11.0 Å². The summed E-state index contributed by atoms with van der Waals surface area (Å²) in [6.07, 6.45) is 0.982. The average molecular weight is 355 g/mol. The molecule has 1 aromatic heterocycles. The minimum atomic E-state index is 0.359. The Morgan fingerprint density at radius 3 is 2.48 bits per heavy atom. The van der Waals surface area contributed by atoms with Gasteiger partial charge in [-0.05, 0) is 48.0 Å². The van der Waals surface area contributed by atoms with E-state index < -0.39 is 0 Å². The van der Waals surface area contributed by atoms with Crippen LogP contribution in [0.4, 0.5) is 5.69 Å². The lowest BCUT2D eigenvalue weighted by atomic mass is 10.0. The number of benzene rings is 2. The molecule has 4 nitrogen and oxygen atoms in total. The van der Waals surface area contributed by atoms with E-state index in [4.69, 9.17) is 16.8 Å². The predicted octanol–water partition coefficient (Wildman–Crippen LogP) is 4.18. The number of imidazole rings is 1. The third-order valence-corrected chi connectivity index (χ3v) is 5.28. The fraction of sp³-hybridized carbons (Fsp3) is 0.350. The summed E-state index contributed by atoms with van der Waals surface area (Å²) in [7, 11) is 0. The molecule has 130 valence electrons. The van der Waals surface area contributed by atoms with Crippen LogP contribution in [0.15, 0.2) is 48.5 Å². The maximum atomic E-state index is 6.04. The first-order chi connectivity index (χ1) is 12.2. The lowest BCUT2D eigenvalue weighted by molar-refractivity contribution is 0.416. The summed E-state index contributed by atoms with van der Waals surface area (Å²) in [5.74, 6) is 1.42. The first-order valence-corrected chi connectivity index (χ1v) is 9.22. The third-order valence-electron chi connectivity index (χ3n) is 4.94. The van der Waals surface area contributed by atoms with E-state index >= 15 is 0 Å². The topological polar surface area (TPSA) is 35.2 Å². The van der Waals surface area contributed by atoms with Gasteiger partial charge in [0.2, 0.25) is 0 Å². The molecule has 0 bridgehead atoms.